The van der Waals surface area contributed by atoms with E-state index >= 15 is 0 Å². The van der Waals surface area contributed by atoms with E-state index < -0.39 is 6.10 Å². The summed E-state index contributed by atoms with van der Waals surface area (Å²) in [6.07, 6.45) is 3.10. The van der Waals surface area contributed by atoms with Gasteiger partial charge in [0.15, 0.2) is 5.96 Å². The van der Waals surface area contributed by atoms with Crippen molar-refractivity contribution < 1.29 is 5.11 Å². The highest BCUT2D eigenvalue weighted by molar-refractivity contribution is 7.16. The zero-order valence-electron chi connectivity index (χ0n) is 11.0. The van der Waals surface area contributed by atoms with Gasteiger partial charge in [-0.1, -0.05) is 11.6 Å². The van der Waals surface area contributed by atoms with E-state index in [4.69, 9.17) is 11.6 Å². The van der Waals surface area contributed by atoms with Crippen molar-refractivity contribution in [1.82, 2.24) is 10.6 Å². The van der Waals surface area contributed by atoms with E-state index in [1.807, 2.05) is 13.0 Å². The highest BCUT2D eigenvalue weighted by Gasteiger charge is 2.18. The number of hydrogen-bond acceptors (Lipinski definition) is 3. The van der Waals surface area contributed by atoms with Crippen molar-refractivity contribution >= 4 is 28.9 Å². The average Bonchev–Trinajstić information content (AvgIpc) is 2.77. The first-order chi connectivity index (χ1) is 9.19. The fourth-order valence-electron chi connectivity index (χ4n) is 1.84. The van der Waals surface area contributed by atoms with Crippen molar-refractivity contribution in [2.75, 3.05) is 13.1 Å². The van der Waals surface area contributed by atoms with Crippen LogP contribution in [0.3, 0.4) is 0 Å². The number of aliphatic hydroxyl groups excluding tert-OH is 1. The third-order valence-corrected chi connectivity index (χ3v) is 4.47. The summed E-state index contributed by atoms with van der Waals surface area (Å²) in [7, 11) is 0. The molecule has 0 aromatic carbocycles. The maximum absolute atomic E-state index is 10.0. The van der Waals surface area contributed by atoms with Gasteiger partial charge >= 0.3 is 0 Å². The number of rotatable bonds is 5. The fraction of sp³-hybridized carbons (Fsp3) is 0.615. The minimum atomic E-state index is -0.589. The number of thiophene rings is 1. The molecule has 4 nitrogen and oxygen atoms in total. The molecular formula is C13H20ClN3OS. The molecule has 1 unspecified atom stereocenters. The summed E-state index contributed by atoms with van der Waals surface area (Å²) in [6.45, 7) is 3.20. The van der Waals surface area contributed by atoms with Crippen LogP contribution in [0.15, 0.2) is 17.1 Å². The maximum Gasteiger partial charge on any atom is 0.191 e. The van der Waals surface area contributed by atoms with Crippen molar-refractivity contribution in [2.45, 2.75) is 38.3 Å². The molecule has 1 aliphatic carbocycles. The Bertz CT molecular complexity index is 431. The van der Waals surface area contributed by atoms with Crippen LogP contribution in [-0.4, -0.2) is 30.2 Å². The third-order valence-electron chi connectivity index (χ3n) is 3.13. The Morgan fingerprint density at radius 2 is 2.37 bits per heavy atom. The molecule has 0 radical (unpaired) electrons. The molecule has 0 saturated heterocycles. The van der Waals surface area contributed by atoms with E-state index in [-0.39, 0.29) is 0 Å². The van der Waals surface area contributed by atoms with Crippen LogP contribution in [0.2, 0.25) is 4.34 Å². The first-order valence-electron chi connectivity index (χ1n) is 6.67. The molecule has 1 saturated carbocycles. The summed E-state index contributed by atoms with van der Waals surface area (Å²) in [4.78, 5) is 5.28. The fourth-order valence-corrected chi connectivity index (χ4v) is 2.88. The van der Waals surface area contributed by atoms with Crippen LogP contribution >= 0.6 is 22.9 Å². The van der Waals surface area contributed by atoms with Gasteiger partial charge in [0, 0.05) is 17.5 Å². The molecule has 0 aliphatic heterocycles. The standard InChI is InChI=1S/C13H20ClN3OS/c1-2-15-13(17-9-4-3-5-9)16-8-10(18)11-6-7-12(14)19-11/h6-7,9-10,18H,2-5,8H2,1H3,(H2,15,16,17). The molecule has 1 atom stereocenters. The summed E-state index contributed by atoms with van der Waals surface area (Å²) >= 11 is 7.25. The van der Waals surface area contributed by atoms with Gasteiger partial charge in [0.05, 0.1) is 10.9 Å². The van der Waals surface area contributed by atoms with Crippen LogP contribution in [-0.2, 0) is 0 Å². The number of aliphatic hydroxyl groups is 1. The molecule has 2 rings (SSSR count). The van der Waals surface area contributed by atoms with E-state index in [0.29, 0.717) is 16.9 Å². The predicted octanol–water partition coefficient (Wildman–Crippen LogP) is 2.54. The Morgan fingerprint density at radius 3 is 2.89 bits per heavy atom. The Hall–Kier alpha value is -0.780. The second kappa shape index (κ2) is 7.12. The molecule has 1 aromatic rings. The number of aliphatic imine (C=N–C) groups is 1. The molecular weight excluding hydrogens is 282 g/mol. The van der Waals surface area contributed by atoms with Gasteiger partial charge in [-0.2, -0.15) is 0 Å². The van der Waals surface area contributed by atoms with E-state index in [9.17, 15) is 5.11 Å². The van der Waals surface area contributed by atoms with Gasteiger partial charge < -0.3 is 15.7 Å². The summed E-state index contributed by atoms with van der Waals surface area (Å²) < 4.78 is 0.692. The zero-order chi connectivity index (χ0) is 13.7. The van der Waals surface area contributed by atoms with Gasteiger partial charge in [0.2, 0.25) is 0 Å². The minimum absolute atomic E-state index is 0.346. The Balaban J connectivity index is 1.88. The van der Waals surface area contributed by atoms with E-state index in [0.717, 1.165) is 17.4 Å². The Labute approximate surface area is 122 Å². The molecule has 106 valence electrons. The summed E-state index contributed by atoms with van der Waals surface area (Å²) in [6, 6.07) is 4.18. The molecule has 0 spiro atoms. The van der Waals surface area contributed by atoms with Gasteiger partial charge in [0.1, 0.15) is 6.10 Å². The van der Waals surface area contributed by atoms with Crippen LogP contribution in [0, 0.1) is 0 Å². The first kappa shape index (κ1) is 14.6. The summed E-state index contributed by atoms with van der Waals surface area (Å²) in [5.74, 6) is 0.786. The lowest BCUT2D eigenvalue weighted by Gasteiger charge is -2.28. The van der Waals surface area contributed by atoms with Gasteiger partial charge in [-0.3, -0.25) is 4.99 Å². The first-order valence-corrected chi connectivity index (χ1v) is 7.86. The van der Waals surface area contributed by atoms with Crippen LogP contribution < -0.4 is 10.6 Å². The van der Waals surface area contributed by atoms with Gasteiger partial charge in [-0.15, -0.1) is 11.3 Å². The van der Waals surface area contributed by atoms with E-state index in [1.54, 1.807) is 6.07 Å². The monoisotopic (exact) mass is 301 g/mol. The van der Waals surface area contributed by atoms with Crippen molar-refractivity contribution in [2.24, 2.45) is 4.99 Å². The summed E-state index contributed by atoms with van der Waals surface area (Å²) in [5.41, 5.74) is 0. The van der Waals surface area contributed by atoms with Gasteiger partial charge in [-0.25, -0.2) is 0 Å². The molecule has 1 fully saturated rings. The highest BCUT2D eigenvalue weighted by atomic mass is 35.5. The number of halogens is 1. The quantitative estimate of drug-likeness (QED) is 0.579. The molecule has 0 amide bonds. The smallest absolute Gasteiger partial charge is 0.191 e. The Morgan fingerprint density at radius 1 is 1.58 bits per heavy atom. The topological polar surface area (TPSA) is 56.7 Å². The number of guanidine groups is 1. The molecule has 6 heteroatoms. The number of nitrogens with one attached hydrogen (secondary N) is 2. The predicted molar refractivity (Wildman–Crippen MR) is 81.0 cm³/mol. The van der Waals surface area contributed by atoms with Crippen molar-refractivity contribution in [1.29, 1.82) is 0 Å². The number of nitrogens with zero attached hydrogens (tertiary/aromatic N) is 1. The molecule has 19 heavy (non-hydrogen) atoms. The van der Waals surface area contributed by atoms with Gasteiger partial charge in [0.25, 0.3) is 0 Å². The lowest BCUT2D eigenvalue weighted by Crippen LogP contribution is -2.46. The van der Waals surface area contributed by atoms with Crippen molar-refractivity contribution in [3.63, 3.8) is 0 Å². The second-order valence-corrected chi connectivity index (χ2v) is 6.40. The van der Waals surface area contributed by atoms with Gasteiger partial charge in [-0.05, 0) is 38.3 Å². The van der Waals surface area contributed by atoms with E-state index in [1.165, 1.54) is 30.6 Å². The van der Waals surface area contributed by atoms with Crippen LogP contribution in [0.5, 0.6) is 0 Å². The van der Waals surface area contributed by atoms with Crippen LogP contribution in [0.1, 0.15) is 37.2 Å². The Kier molecular flexibility index (Phi) is 5.48. The van der Waals surface area contributed by atoms with Crippen molar-refractivity contribution in [3.05, 3.63) is 21.3 Å². The molecule has 1 aliphatic rings. The normalized spacial score (nSPS) is 17.9. The van der Waals surface area contributed by atoms with Crippen LogP contribution in [0.25, 0.3) is 0 Å². The molecule has 0 bridgehead atoms. The second-order valence-electron chi connectivity index (χ2n) is 4.65. The average molecular weight is 302 g/mol. The van der Waals surface area contributed by atoms with Crippen LogP contribution in [0.4, 0.5) is 0 Å². The molecule has 3 N–H and O–H groups in total. The third kappa shape index (κ3) is 4.37. The highest BCUT2D eigenvalue weighted by Crippen LogP contribution is 2.27. The molecule has 1 aromatic heterocycles. The summed E-state index contributed by atoms with van der Waals surface area (Å²) in [5, 5.41) is 16.6. The lowest BCUT2D eigenvalue weighted by molar-refractivity contribution is 0.191. The largest absolute Gasteiger partial charge is 0.386 e. The zero-order valence-corrected chi connectivity index (χ0v) is 12.6. The SMILES string of the molecule is CCNC(=NCC(O)c1ccc(Cl)s1)NC1CCC1. The lowest BCUT2D eigenvalue weighted by atomic mass is 9.93. The molecule has 1 heterocycles. The van der Waals surface area contributed by atoms with E-state index in [2.05, 4.69) is 15.6 Å². The van der Waals surface area contributed by atoms with Crippen molar-refractivity contribution in [3.8, 4) is 0 Å². The number of hydrogen-bond donors (Lipinski definition) is 3. The maximum atomic E-state index is 10.0. The minimum Gasteiger partial charge on any atom is -0.386 e.